The molecule has 2 rings (SSSR count). The van der Waals surface area contributed by atoms with E-state index in [1.54, 1.807) is 6.20 Å². The topological polar surface area (TPSA) is 24.9 Å². The van der Waals surface area contributed by atoms with Gasteiger partial charge < -0.3 is 5.32 Å². The van der Waals surface area contributed by atoms with Gasteiger partial charge in [0.15, 0.2) is 0 Å². The molecule has 2 aromatic rings. The first-order valence-corrected chi connectivity index (χ1v) is 6.32. The van der Waals surface area contributed by atoms with E-state index in [0.29, 0.717) is 0 Å². The molecule has 2 nitrogen and oxygen atoms in total. The minimum absolute atomic E-state index is 0.286. The number of rotatable bonds is 3. The van der Waals surface area contributed by atoms with E-state index in [0.717, 1.165) is 5.69 Å². The molecule has 1 N–H and O–H groups in total. The van der Waals surface area contributed by atoms with Crippen molar-refractivity contribution in [3.8, 4) is 0 Å². The van der Waals surface area contributed by atoms with Gasteiger partial charge in [-0.25, -0.2) is 0 Å². The molecule has 0 fully saturated rings. The second kappa shape index (κ2) is 5.21. The molecule has 0 aliphatic carbocycles. The van der Waals surface area contributed by atoms with Crippen LogP contribution in [0.4, 0.5) is 5.69 Å². The van der Waals surface area contributed by atoms with Crippen LogP contribution in [-0.2, 0) is 0 Å². The van der Waals surface area contributed by atoms with Crippen molar-refractivity contribution >= 4 is 5.69 Å². The summed E-state index contributed by atoms with van der Waals surface area (Å²) in [5.41, 5.74) is 6.44. The molecule has 18 heavy (non-hydrogen) atoms. The molecule has 1 aromatic carbocycles. The Hall–Kier alpha value is -1.83. The molecular weight excluding hydrogens is 220 g/mol. The zero-order valence-corrected chi connectivity index (χ0v) is 11.5. The van der Waals surface area contributed by atoms with Crippen LogP contribution in [0.1, 0.15) is 35.2 Å². The number of aromatic nitrogens is 1. The number of nitrogens with zero attached hydrogens (tertiary/aromatic N) is 1. The van der Waals surface area contributed by atoms with Crippen LogP contribution in [0.25, 0.3) is 0 Å². The molecule has 1 aromatic heterocycles. The fourth-order valence-electron chi connectivity index (χ4n) is 2.23. The quantitative estimate of drug-likeness (QED) is 0.870. The fourth-order valence-corrected chi connectivity index (χ4v) is 2.23. The van der Waals surface area contributed by atoms with Crippen LogP contribution >= 0.6 is 0 Å². The second-order valence-corrected chi connectivity index (χ2v) is 4.90. The van der Waals surface area contributed by atoms with Gasteiger partial charge in [0.1, 0.15) is 0 Å². The number of anilines is 1. The van der Waals surface area contributed by atoms with Crippen LogP contribution < -0.4 is 5.32 Å². The smallest absolute Gasteiger partial charge is 0.0531 e. The molecule has 1 unspecified atom stereocenters. The molecule has 0 radical (unpaired) electrons. The van der Waals surface area contributed by atoms with E-state index in [1.807, 2.05) is 18.3 Å². The normalized spacial score (nSPS) is 12.2. The Bertz CT molecular complexity index is 532. The van der Waals surface area contributed by atoms with Gasteiger partial charge in [-0.15, -0.1) is 0 Å². The second-order valence-electron chi connectivity index (χ2n) is 4.90. The molecule has 1 atom stereocenters. The SMILES string of the molecule is Cc1cc(C)c(C(C)Nc2cccnc2)cc1C. The number of benzene rings is 1. The summed E-state index contributed by atoms with van der Waals surface area (Å²) in [4.78, 5) is 4.12. The van der Waals surface area contributed by atoms with Gasteiger partial charge in [0.2, 0.25) is 0 Å². The summed E-state index contributed by atoms with van der Waals surface area (Å²) in [6.07, 6.45) is 3.64. The van der Waals surface area contributed by atoms with Gasteiger partial charge in [-0.05, 0) is 62.1 Å². The third-order valence-electron chi connectivity index (χ3n) is 3.39. The summed E-state index contributed by atoms with van der Waals surface area (Å²) in [5.74, 6) is 0. The van der Waals surface area contributed by atoms with Gasteiger partial charge in [-0.2, -0.15) is 0 Å². The number of hydrogen-bond donors (Lipinski definition) is 1. The van der Waals surface area contributed by atoms with Crippen molar-refractivity contribution in [3.05, 3.63) is 58.9 Å². The first kappa shape index (κ1) is 12.6. The maximum atomic E-state index is 4.12. The van der Waals surface area contributed by atoms with Crippen molar-refractivity contribution in [1.82, 2.24) is 4.98 Å². The van der Waals surface area contributed by atoms with Crippen molar-refractivity contribution in [2.24, 2.45) is 0 Å². The number of nitrogens with one attached hydrogen (secondary N) is 1. The lowest BCUT2D eigenvalue weighted by Gasteiger charge is -2.19. The van der Waals surface area contributed by atoms with Crippen LogP contribution in [-0.4, -0.2) is 4.98 Å². The van der Waals surface area contributed by atoms with Crippen molar-refractivity contribution in [3.63, 3.8) is 0 Å². The predicted octanol–water partition coefficient (Wildman–Crippen LogP) is 4.18. The Morgan fingerprint density at radius 2 is 1.78 bits per heavy atom. The van der Waals surface area contributed by atoms with Crippen LogP contribution in [0.15, 0.2) is 36.7 Å². The lowest BCUT2D eigenvalue weighted by molar-refractivity contribution is 0.869. The molecule has 0 spiro atoms. The fraction of sp³-hybridized carbons (Fsp3) is 0.312. The molecule has 0 aliphatic heterocycles. The highest BCUT2D eigenvalue weighted by Gasteiger charge is 2.09. The first-order valence-electron chi connectivity index (χ1n) is 6.32. The Kier molecular flexibility index (Phi) is 3.66. The van der Waals surface area contributed by atoms with E-state index in [-0.39, 0.29) is 6.04 Å². The lowest BCUT2D eigenvalue weighted by Crippen LogP contribution is -2.09. The summed E-state index contributed by atoms with van der Waals surface area (Å²) < 4.78 is 0. The minimum Gasteiger partial charge on any atom is -0.377 e. The summed E-state index contributed by atoms with van der Waals surface area (Å²) in [6, 6.07) is 8.81. The van der Waals surface area contributed by atoms with Gasteiger partial charge >= 0.3 is 0 Å². The van der Waals surface area contributed by atoms with Crippen molar-refractivity contribution < 1.29 is 0 Å². The Balaban J connectivity index is 2.24. The predicted molar refractivity (Wildman–Crippen MR) is 76.9 cm³/mol. The first-order chi connectivity index (χ1) is 8.58. The van der Waals surface area contributed by atoms with Crippen molar-refractivity contribution in [2.75, 3.05) is 5.32 Å². The van der Waals surface area contributed by atoms with Crippen LogP contribution in [0.2, 0.25) is 0 Å². The maximum Gasteiger partial charge on any atom is 0.0531 e. The van der Waals surface area contributed by atoms with Crippen LogP contribution in [0.5, 0.6) is 0 Å². The maximum absolute atomic E-state index is 4.12. The summed E-state index contributed by atoms with van der Waals surface area (Å²) in [5, 5.41) is 3.48. The molecule has 0 saturated carbocycles. The summed E-state index contributed by atoms with van der Waals surface area (Å²) >= 11 is 0. The average molecular weight is 240 g/mol. The van der Waals surface area contributed by atoms with Gasteiger partial charge in [-0.1, -0.05) is 12.1 Å². The van der Waals surface area contributed by atoms with E-state index in [9.17, 15) is 0 Å². The molecule has 2 heteroatoms. The van der Waals surface area contributed by atoms with E-state index in [1.165, 1.54) is 22.3 Å². The van der Waals surface area contributed by atoms with Gasteiger partial charge in [0, 0.05) is 18.4 Å². The number of hydrogen-bond acceptors (Lipinski definition) is 2. The third kappa shape index (κ3) is 2.70. The summed E-state index contributed by atoms with van der Waals surface area (Å²) in [7, 11) is 0. The van der Waals surface area contributed by atoms with Crippen molar-refractivity contribution in [2.45, 2.75) is 33.7 Å². The molecular formula is C16H20N2. The Labute approximate surface area is 109 Å². The van der Waals surface area contributed by atoms with Crippen LogP contribution in [0.3, 0.4) is 0 Å². The monoisotopic (exact) mass is 240 g/mol. The third-order valence-corrected chi connectivity index (χ3v) is 3.39. The standard InChI is InChI=1S/C16H20N2/c1-11-8-13(3)16(9-12(11)2)14(4)18-15-6-5-7-17-10-15/h5-10,14,18H,1-4H3. The van der Waals surface area contributed by atoms with E-state index in [4.69, 9.17) is 0 Å². The molecule has 0 bridgehead atoms. The molecule has 0 amide bonds. The van der Waals surface area contributed by atoms with E-state index < -0.39 is 0 Å². The molecule has 94 valence electrons. The highest BCUT2D eigenvalue weighted by molar-refractivity contribution is 5.45. The van der Waals surface area contributed by atoms with E-state index in [2.05, 4.69) is 50.1 Å². The van der Waals surface area contributed by atoms with Crippen molar-refractivity contribution in [1.29, 1.82) is 0 Å². The highest BCUT2D eigenvalue weighted by atomic mass is 14.9. The molecule has 0 saturated heterocycles. The average Bonchev–Trinajstić information content (AvgIpc) is 2.35. The van der Waals surface area contributed by atoms with Gasteiger partial charge in [0.25, 0.3) is 0 Å². The number of aryl methyl sites for hydroxylation is 3. The van der Waals surface area contributed by atoms with Gasteiger partial charge in [-0.3, -0.25) is 4.98 Å². The zero-order chi connectivity index (χ0) is 13.1. The molecule has 1 heterocycles. The largest absolute Gasteiger partial charge is 0.377 e. The lowest BCUT2D eigenvalue weighted by atomic mass is 9.96. The van der Waals surface area contributed by atoms with Gasteiger partial charge in [0.05, 0.1) is 5.69 Å². The summed E-state index contributed by atoms with van der Waals surface area (Å²) in [6.45, 7) is 8.67. The van der Waals surface area contributed by atoms with E-state index >= 15 is 0 Å². The molecule has 0 aliphatic rings. The zero-order valence-electron chi connectivity index (χ0n) is 11.5. The minimum atomic E-state index is 0.286. The highest BCUT2D eigenvalue weighted by Crippen LogP contribution is 2.24. The Morgan fingerprint density at radius 3 is 2.44 bits per heavy atom. The number of pyridine rings is 1. The Morgan fingerprint density at radius 1 is 1.06 bits per heavy atom. The van der Waals surface area contributed by atoms with Crippen LogP contribution in [0, 0.1) is 20.8 Å².